The van der Waals surface area contributed by atoms with Gasteiger partial charge in [0.25, 0.3) is 0 Å². The molecule has 0 radical (unpaired) electrons. The molecule has 1 aliphatic carbocycles. The SMILES string of the molecule is CS(=O)(=O)Nc1ccc2c(c1)CCN2CC(=O)O[C@@H](Cc1c(Cl)c[n+](O)cc1Cl)c1ccc(OC(F)F)c(OCC2CC2)c1. The Morgan fingerprint density at radius 2 is 1.86 bits per heavy atom. The molecule has 0 amide bonds. The summed E-state index contributed by atoms with van der Waals surface area (Å²) in [6.07, 6.45) is 5.12. The molecule has 1 aromatic heterocycles. The van der Waals surface area contributed by atoms with Gasteiger partial charge in [0.2, 0.25) is 22.4 Å². The van der Waals surface area contributed by atoms with Crippen molar-refractivity contribution in [1.82, 2.24) is 0 Å². The number of nitrogens with one attached hydrogen (secondary N) is 1. The molecule has 1 aliphatic heterocycles. The van der Waals surface area contributed by atoms with Gasteiger partial charge in [-0.1, -0.05) is 29.3 Å². The molecule has 0 bridgehead atoms. The van der Waals surface area contributed by atoms with Crippen LogP contribution in [0.2, 0.25) is 10.0 Å². The summed E-state index contributed by atoms with van der Waals surface area (Å²) in [5.74, 6) is -0.318. The van der Waals surface area contributed by atoms with Crippen LogP contribution in [0, 0.1) is 5.92 Å². The number of hydrogen-bond donors (Lipinski definition) is 2. The Morgan fingerprint density at radius 1 is 1.14 bits per heavy atom. The van der Waals surface area contributed by atoms with Crippen molar-refractivity contribution in [2.75, 3.05) is 35.6 Å². The zero-order valence-corrected chi connectivity index (χ0v) is 25.8. The average molecular weight is 674 g/mol. The van der Waals surface area contributed by atoms with Crippen LogP contribution in [-0.4, -0.2) is 52.2 Å². The fourth-order valence-electron chi connectivity index (χ4n) is 4.93. The second-order valence-corrected chi connectivity index (χ2v) is 13.3. The number of ether oxygens (including phenoxy) is 3. The number of hydrogen-bond acceptors (Lipinski definition) is 8. The summed E-state index contributed by atoms with van der Waals surface area (Å²) in [5, 5.41) is 10.0. The van der Waals surface area contributed by atoms with Gasteiger partial charge in [0.05, 0.1) is 12.9 Å². The minimum atomic E-state index is -3.44. The molecular formula is C29H30Cl2F2N3O7S+. The average Bonchev–Trinajstić information content (AvgIpc) is 3.68. The molecule has 1 atom stereocenters. The number of benzene rings is 2. The van der Waals surface area contributed by atoms with Gasteiger partial charge in [-0.2, -0.15) is 8.78 Å². The second kappa shape index (κ2) is 13.2. The van der Waals surface area contributed by atoms with E-state index >= 15 is 0 Å². The monoisotopic (exact) mass is 672 g/mol. The topological polar surface area (TPSA) is 118 Å². The first-order valence-corrected chi connectivity index (χ1v) is 16.3. The fourth-order valence-corrected chi connectivity index (χ4v) is 6.10. The third-order valence-corrected chi connectivity index (χ3v) is 8.41. The molecule has 1 saturated carbocycles. The predicted octanol–water partition coefficient (Wildman–Crippen LogP) is 5.17. The van der Waals surface area contributed by atoms with E-state index in [1.807, 2.05) is 4.90 Å². The highest BCUT2D eigenvalue weighted by Gasteiger charge is 2.28. The lowest BCUT2D eigenvalue weighted by atomic mass is 10.0. The van der Waals surface area contributed by atoms with E-state index < -0.39 is 28.7 Å². The van der Waals surface area contributed by atoms with Crippen LogP contribution in [0.25, 0.3) is 0 Å². The molecule has 0 unspecified atom stereocenters. The number of alkyl halides is 2. The summed E-state index contributed by atoms with van der Waals surface area (Å²) < 4.78 is 69.0. The molecule has 10 nitrogen and oxygen atoms in total. The molecule has 15 heteroatoms. The number of carbonyl (C=O) groups excluding carboxylic acids is 1. The standard InChI is InChI=1S/C29H30Cl2F2N3O7S/c1-44(39,40)34-20-5-6-24-18(10-20)8-9-35(24)15-28(37)42-26(12-21-22(30)13-36(38)14-23(21)31)19-4-7-25(43-29(32)33)27(11-19)41-16-17-2-3-17/h4-7,10-11,13-14,17,26,29,34,38H,2-3,8-9,12,15-16H2,1H3/q+1/t26-/m0/s1. The van der Waals surface area contributed by atoms with E-state index in [4.69, 9.17) is 32.7 Å². The van der Waals surface area contributed by atoms with Crippen molar-refractivity contribution in [1.29, 1.82) is 0 Å². The number of anilines is 2. The number of carbonyl (C=O) groups is 1. The molecule has 1 fully saturated rings. The van der Waals surface area contributed by atoms with E-state index in [0.717, 1.165) is 30.3 Å². The van der Waals surface area contributed by atoms with Gasteiger partial charge in [0.1, 0.15) is 22.7 Å². The first-order valence-electron chi connectivity index (χ1n) is 13.7. The van der Waals surface area contributed by atoms with E-state index in [2.05, 4.69) is 9.46 Å². The zero-order valence-electron chi connectivity index (χ0n) is 23.5. The second-order valence-electron chi connectivity index (χ2n) is 10.7. The summed E-state index contributed by atoms with van der Waals surface area (Å²) >= 11 is 12.7. The maximum Gasteiger partial charge on any atom is 0.387 e. The summed E-state index contributed by atoms with van der Waals surface area (Å²) in [5.41, 5.74) is 2.88. The van der Waals surface area contributed by atoms with Crippen molar-refractivity contribution < 1.29 is 46.1 Å². The number of aromatic nitrogens is 1. The van der Waals surface area contributed by atoms with E-state index in [0.29, 0.717) is 47.0 Å². The molecule has 2 aromatic carbocycles. The van der Waals surface area contributed by atoms with Crippen LogP contribution in [0.15, 0.2) is 48.8 Å². The zero-order chi connectivity index (χ0) is 31.6. The molecule has 0 spiro atoms. The quantitative estimate of drug-likeness (QED) is 0.145. The van der Waals surface area contributed by atoms with Gasteiger partial charge >= 0.3 is 12.6 Å². The molecule has 44 heavy (non-hydrogen) atoms. The Hall–Kier alpha value is -3.55. The van der Waals surface area contributed by atoms with Gasteiger partial charge < -0.3 is 19.1 Å². The molecule has 2 aliphatic rings. The van der Waals surface area contributed by atoms with E-state index in [-0.39, 0.29) is 34.5 Å². The van der Waals surface area contributed by atoms with Gasteiger partial charge in [-0.15, -0.1) is 0 Å². The highest BCUT2D eigenvalue weighted by atomic mass is 35.5. The predicted molar refractivity (Wildman–Crippen MR) is 158 cm³/mol. The number of fused-ring (bicyclic) bond motifs is 1. The van der Waals surface area contributed by atoms with Crippen molar-refractivity contribution >= 4 is 50.6 Å². The number of halogens is 4. The highest BCUT2D eigenvalue weighted by molar-refractivity contribution is 7.92. The van der Waals surface area contributed by atoms with Crippen LogP contribution in [0.3, 0.4) is 0 Å². The lowest BCUT2D eigenvalue weighted by Gasteiger charge is -2.24. The van der Waals surface area contributed by atoms with Gasteiger partial charge in [-0.25, -0.2) is 8.42 Å². The fraction of sp³-hybridized carbons (Fsp3) is 0.379. The summed E-state index contributed by atoms with van der Waals surface area (Å²) in [6.45, 7) is -2.35. The first-order chi connectivity index (χ1) is 20.8. The maximum atomic E-state index is 13.4. The third kappa shape index (κ3) is 8.33. The van der Waals surface area contributed by atoms with E-state index in [1.165, 1.54) is 30.6 Å². The lowest BCUT2D eigenvalue weighted by Crippen LogP contribution is -2.31. The summed E-state index contributed by atoms with van der Waals surface area (Å²) in [7, 11) is -3.44. The number of nitrogens with zero attached hydrogens (tertiary/aromatic N) is 2. The van der Waals surface area contributed by atoms with Crippen LogP contribution in [0.1, 0.15) is 35.6 Å². The minimum absolute atomic E-state index is 0.00152. The number of pyridine rings is 1. The first kappa shape index (κ1) is 31.9. The van der Waals surface area contributed by atoms with Crippen molar-refractivity contribution in [2.24, 2.45) is 5.92 Å². The number of rotatable bonds is 13. The summed E-state index contributed by atoms with van der Waals surface area (Å²) in [4.78, 5) is 15.2. The molecule has 3 aromatic rings. The molecule has 2 heterocycles. The Balaban J connectivity index is 1.39. The Kier molecular flexibility index (Phi) is 9.56. The van der Waals surface area contributed by atoms with Crippen molar-refractivity contribution in [3.63, 3.8) is 0 Å². The van der Waals surface area contributed by atoms with E-state index in [1.54, 1.807) is 18.2 Å². The smallest absolute Gasteiger partial charge is 0.387 e. The van der Waals surface area contributed by atoms with Crippen LogP contribution < -0.4 is 23.8 Å². The summed E-state index contributed by atoms with van der Waals surface area (Å²) in [6, 6.07) is 9.40. The van der Waals surface area contributed by atoms with Crippen LogP contribution in [0.4, 0.5) is 20.2 Å². The van der Waals surface area contributed by atoms with Gasteiger partial charge in [-0.05, 0) is 66.6 Å². The Bertz CT molecular complexity index is 1630. The molecule has 0 saturated heterocycles. The maximum absolute atomic E-state index is 13.4. The van der Waals surface area contributed by atoms with Crippen LogP contribution >= 0.6 is 23.2 Å². The Morgan fingerprint density at radius 3 is 2.52 bits per heavy atom. The number of esters is 1. The van der Waals surface area contributed by atoms with Crippen molar-refractivity contribution in [3.05, 3.63) is 75.5 Å². The van der Waals surface area contributed by atoms with Crippen LogP contribution in [-0.2, 0) is 32.4 Å². The van der Waals surface area contributed by atoms with Gasteiger partial charge in [0.15, 0.2) is 11.5 Å². The van der Waals surface area contributed by atoms with Crippen LogP contribution in [0.5, 0.6) is 11.5 Å². The number of sulfonamides is 1. The molecule has 2 N–H and O–H groups in total. The molecule has 236 valence electrons. The van der Waals surface area contributed by atoms with Gasteiger partial charge in [-0.3, -0.25) is 14.7 Å². The van der Waals surface area contributed by atoms with E-state index in [9.17, 15) is 27.2 Å². The highest BCUT2D eigenvalue weighted by Crippen LogP contribution is 2.38. The normalized spacial score (nSPS) is 15.2. The minimum Gasteiger partial charge on any atom is -0.489 e. The van der Waals surface area contributed by atoms with Gasteiger partial charge in [0, 0.05) is 34.6 Å². The molecule has 5 rings (SSSR count). The van der Waals surface area contributed by atoms with Crippen molar-refractivity contribution in [3.8, 4) is 11.5 Å². The molecular weight excluding hydrogens is 643 g/mol. The third-order valence-electron chi connectivity index (χ3n) is 7.15. The largest absolute Gasteiger partial charge is 0.489 e. The Labute approximate surface area is 263 Å². The lowest BCUT2D eigenvalue weighted by molar-refractivity contribution is -0.904. The van der Waals surface area contributed by atoms with Crippen molar-refractivity contribution in [2.45, 2.75) is 38.4 Å².